The minimum Gasteiger partial charge on any atom is -0.481 e. The molecule has 194 valence electrons. The Labute approximate surface area is 221 Å². The van der Waals surface area contributed by atoms with Gasteiger partial charge in [-0.15, -0.1) is 0 Å². The number of carboxylic acid groups (broad SMARTS) is 1. The van der Waals surface area contributed by atoms with E-state index in [1.807, 2.05) is 73.7 Å². The van der Waals surface area contributed by atoms with E-state index in [4.69, 9.17) is 14.2 Å². The second-order valence-electron chi connectivity index (χ2n) is 10.3. The molecule has 6 rings (SSSR count). The molecule has 0 radical (unpaired) electrons. The van der Waals surface area contributed by atoms with Crippen LogP contribution in [0.1, 0.15) is 56.2 Å². The van der Waals surface area contributed by atoms with Crippen LogP contribution in [0.25, 0.3) is 22.5 Å². The predicted molar refractivity (Wildman–Crippen MR) is 146 cm³/mol. The van der Waals surface area contributed by atoms with Gasteiger partial charge in [-0.2, -0.15) is 4.98 Å². The largest absolute Gasteiger partial charge is 0.481 e. The number of aliphatic carboxylic acids is 1. The molecule has 2 aromatic carbocycles. The first kappa shape index (κ1) is 24.2. The first-order chi connectivity index (χ1) is 18.5. The standard InChI is InChI=1S/C31H31N3O4/c1-20-28(33-26-13-8-14-27(32-26)37-23-11-6-3-7-12-23)29(38-34-20)25-19-22(31(17-18-31)30(35)36)15-16-24(25)21-9-4-2-5-10-21/h2,4-5,8-10,13-16,19,23H,3,6-7,11-12,17-18H2,1H3,(H,32,33)(H,35,36). The summed E-state index contributed by atoms with van der Waals surface area (Å²) in [6.45, 7) is 1.88. The molecule has 0 spiro atoms. The molecule has 7 nitrogen and oxygen atoms in total. The third-order valence-corrected chi connectivity index (χ3v) is 7.74. The molecular weight excluding hydrogens is 478 g/mol. The van der Waals surface area contributed by atoms with Gasteiger partial charge in [0.05, 0.1) is 5.41 Å². The van der Waals surface area contributed by atoms with E-state index in [1.54, 1.807) is 0 Å². The Balaban J connectivity index is 1.38. The zero-order chi connectivity index (χ0) is 26.1. The van der Waals surface area contributed by atoms with Crippen molar-refractivity contribution in [3.8, 4) is 28.3 Å². The van der Waals surface area contributed by atoms with Crippen LogP contribution in [0.4, 0.5) is 11.5 Å². The second-order valence-corrected chi connectivity index (χ2v) is 10.3. The summed E-state index contributed by atoms with van der Waals surface area (Å²) in [5.41, 5.74) is 4.07. The summed E-state index contributed by atoms with van der Waals surface area (Å²) in [4.78, 5) is 16.8. The lowest BCUT2D eigenvalue weighted by Crippen LogP contribution is -2.20. The van der Waals surface area contributed by atoms with Crippen molar-refractivity contribution in [3.63, 3.8) is 0 Å². The number of hydrogen-bond acceptors (Lipinski definition) is 6. The number of nitrogens with one attached hydrogen (secondary N) is 1. The fourth-order valence-corrected chi connectivity index (χ4v) is 5.38. The number of carbonyl (C=O) groups is 1. The number of pyridine rings is 1. The topological polar surface area (TPSA) is 97.5 Å². The number of carboxylic acids is 1. The molecular formula is C31H31N3O4. The number of aromatic nitrogens is 2. The van der Waals surface area contributed by atoms with Crippen LogP contribution in [-0.4, -0.2) is 27.3 Å². The van der Waals surface area contributed by atoms with Crippen molar-refractivity contribution >= 4 is 17.5 Å². The molecule has 0 bridgehead atoms. The molecule has 0 atom stereocenters. The van der Waals surface area contributed by atoms with Crippen molar-refractivity contribution in [2.75, 3.05) is 5.32 Å². The summed E-state index contributed by atoms with van der Waals surface area (Å²) < 4.78 is 12.1. The van der Waals surface area contributed by atoms with Gasteiger partial charge in [0, 0.05) is 11.6 Å². The quantitative estimate of drug-likeness (QED) is 0.257. The number of hydrogen-bond donors (Lipinski definition) is 2. The van der Waals surface area contributed by atoms with Gasteiger partial charge in [-0.05, 0) is 74.3 Å². The lowest BCUT2D eigenvalue weighted by Gasteiger charge is -2.22. The Kier molecular flexibility index (Phi) is 6.35. The van der Waals surface area contributed by atoms with Crippen LogP contribution in [0.3, 0.4) is 0 Å². The highest BCUT2D eigenvalue weighted by Gasteiger charge is 2.52. The smallest absolute Gasteiger partial charge is 0.314 e. The van der Waals surface area contributed by atoms with E-state index in [2.05, 4.69) is 10.5 Å². The van der Waals surface area contributed by atoms with E-state index in [0.29, 0.717) is 41.7 Å². The maximum Gasteiger partial charge on any atom is 0.314 e. The van der Waals surface area contributed by atoms with Gasteiger partial charge in [0.2, 0.25) is 5.88 Å². The summed E-state index contributed by atoms with van der Waals surface area (Å²) in [5, 5.41) is 17.6. The average molecular weight is 510 g/mol. The second kappa shape index (κ2) is 9.97. The Hall–Kier alpha value is -4.13. The van der Waals surface area contributed by atoms with Crippen LogP contribution < -0.4 is 10.1 Å². The van der Waals surface area contributed by atoms with Crippen molar-refractivity contribution in [1.29, 1.82) is 0 Å². The molecule has 2 aromatic heterocycles. The Morgan fingerprint density at radius 1 is 1.00 bits per heavy atom. The van der Waals surface area contributed by atoms with Gasteiger partial charge < -0.3 is 19.7 Å². The monoisotopic (exact) mass is 509 g/mol. The molecule has 0 unspecified atom stereocenters. The zero-order valence-electron chi connectivity index (χ0n) is 21.4. The molecule has 2 aliphatic rings. The Morgan fingerprint density at radius 2 is 1.79 bits per heavy atom. The van der Waals surface area contributed by atoms with Crippen LogP contribution in [0.2, 0.25) is 0 Å². The lowest BCUT2D eigenvalue weighted by molar-refractivity contribution is -0.140. The molecule has 2 N–H and O–H groups in total. The highest BCUT2D eigenvalue weighted by Crippen LogP contribution is 2.50. The van der Waals surface area contributed by atoms with E-state index in [0.717, 1.165) is 35.1 Å². The predicted octanol–water partition coefficient (Wildman–Crippen LogP) is 7.28. The Bertz CT molecular complexity index is 1450. The van der Waals surface area contributed by atoms with Crippen LogP contribution >= 0.6 is 0 Å². The van der Waals surface area contributed by atoms with Gasteiger partial charge >= 0.3 is 5.97 Å². The highest BCUT2D eigenvalue weighted by atomic mass is 16.5. The molecule has 7 heteroatoms. The van der Waals surface area contributed by atoms with Crippen LogP contribution in [0, 0.1) is 6.92 Å². The first-order valence-electron chi connectivity index (χ1n) is 13.3. The van der Waals surface area contributed by atoms with Gasteiger partial charge in [-0.1, -0.05) is 60.1 Å². The third kappa shape index (κ3) is 4.64. The molecule has 2 heterocycles. The van der Waals surface area contributed by atoms with Crippen molar-refractivity contribution in [2.24, 2.45) is 0 Å². The molecule has 2 saturated carbocycles. The first-order valence-corrected chi connectivity index (χ1v) is 13.3. The molecule has 38 heavy (non-hydrogen) atoms. The summed E-state index contributed by atoms with van der Waals surface area (Å²) in [6.07, 6.45) is 7.24. The maximum atomic E-state index is 12.1. The van der Waals surface area contributed by atoms with Crippen molar-refractivity contribution in [3.05, 3.63) is 78.0 Å². The van der Waals surface area contributed by atoms with Crippen LogP contribution in [0.15, 0.2) is 71.3 Å². The number of benzene rings is 2. The van der Waals surface area contributed by atoms with Gasteiger partial charge in [0.25, 0.3) is 0 Å². The van der Waals surface area contributed by atoms with E-state index in [1.165, 1.54) is 19.3 Å². The van der Waals surface area contributed by atoms with Gasteiger partial charge in [-0.25, -0.2) is 0 Å². The fraction of sp³-hybridized carbons (Fsp3) is 0.323. The fourth-order valence-electron chi connectivity index (χ4n) is 5.38. The van der Waals surface area contributed by atoms with Gasteiger partial charge in [0.15, 0.2) is 5.76 Å². The third-order valence-electron chi connectivity index (χ3n) is 7.74. The SMILES string of the molecule is Cc1noc(-c2cc(C3(C(=O)O)CC3)ccc2-c2ccccc2)c1Nc1cccc(OC2CCCCC2)n1. The number of rotatable bonds is 8. The molecule has 0 amide bonds. The summed E-state index contributed by atoms with van der Waals surface area (Å²) in [7, 11) is 0. The average Bonchev–Trinajstić information content (AvgIpc) is 3.69. The van der Waals surface area contributed by atoms with E-state index in [-0.39, 0.29) is 6.10 Å². The van der Waals surface area contributed by atoms with Crippen molar-refractivity contribution in [1.82, 2.24) is 10.1 Å². The minimum absolute atomic E-state index is 0.208. The van der Waals surface area contributed by atoms with Gasteiger partial charge in [0.1, 0.15) is 23.3 Å². The number of aryl methyl sites for hydroxylation is 1. The van der Waals surface area contributed by atoms with E-state index >= 15 is 0 Å². The lowest BCUT2D eigenvalue weighted by atomic mass is 9.89. The number of nitrogens with zero attached hydrogens (tertiary/aromatic N) is 2. The highest BCUT2D eigenvalue weighted by molar-refractivity contribution is 5.91. The molecule has 2 fully saturated rings. The summed E-state index contributed by atoms with van der Waals surface area (Å²) >= 11 is 0. The van der Waals surface area contributed by atoms with Gasteiger partial charge in [-0.3, -0.25) is 4.79 Å². The van der Waals surface area contributed by atoms with Crippen LogP contribution in [-0.2, 0) is 10.2 Å². The van der Waals surface area contributed by atoms with Crippen LogP contribution in [0.5, 0.6) is 5.88 Å². The van der Waals surface area contributed by atoms with E-state index < -0.39 is 11.4 Å². The minimum atomic E-state index is -0.834. The molecule has 4 aromatic rings. The van der Waals surface area contributed by atoms with E-state index in [9.17, 15) is 9.90 Å². The zero-order valence-corrected chi connectivity index (χ0v) is 21.4. The Morgan fingerprint density at radius 3 is 2.53 bits per heavy atom. The van der Waals surface area contributed by atoms with Crippen molar-refractivity contribution < 1.29 is 19.2 Å². The number of anilines is 2. The number of ether oxygens (including phenoxy) is 1. The van der Waals surface area contributed by atoms with Crippen molar-refractivity contribution in [2.45, 2.75) is 63.4 Å². The molecule has 0 aliphatic heterocycles. The normalized spacial score (nSPS) is 16.7. The maximum absolute atomic E-state index is 12.1. The molecule has 2 aliphatic carbocycles. The summed E-state index contributed by atoms with van der Waals surface area (Å²) in [5.74, 6) is 0.987. The molecule has 0 saturated heterocycles. The summed E-state index contributed by atoms with van der Waals surface area (Å²) in [6, 6.07) is 21.6.